The molecule has 1 aliphatic carbocycles. The molecule has 1 amide bonds. The van der Waals surface area contributed by atoms with Crippen LogP contribution in [0.25, 0.3) is 0 Å². The number of aromatic nitrogens is 2. The summed E-state index contributed by atoms with van der Waals surface area (Å²) in [6.07, 6.45) is 6.25. The molecule has 0 unspecified atom stereocenters. The van der Waals surface area contributed by atoms with Crippen LogP contribution in [0.1, 0.15) is 50.3 Å². The van der Waals surface area contributed by atoms with Crippen molar-refractivity contribution in [3.8, 4) is 0 Å². The van der Waals surface area contributed by atoms with E-state index in [1.807, 2.05) is 11.6 Å². The highest BCUT2D eigenvalue weighted by atomic mass is 19.2. The molecule has 1 heterocycles. The maximum absolute atomic E-state index is 13.3. The van der Waals surface area contributed by atoms with Crippen molar-refractivity contribution in [1.29, 1.82) is 0 Å². The van der Waals surface area contributed by atoms with Gasteiger partial charge in [-0.05, 0) is 38.0 Å². The van der Waals surface area contributed by atoms with Crippen LogP contribution >= 0.6 is 0 Å². The Bertz CT molecular complexity index is 740. The molecule has 1 aromatic carbocycles. The second-order valence-electron chi connectivity index (χ2n) is 6.55. The van der Waals surface area contributed by atoms with Gasteiger partial charge in [-0.15, -0.1) is 0 Å². The highest BCUT2D eigenvalue weighted by molar-refractivity contribution is 5.90. The van der Waals surface area contributed by atoms with Gasteiger partial charge in [0.05, 0.1) is 12.2 Å². The Labute approximate surface area is 145 Å². The molecular weight excluding hydrogens is 326 g/mol. The minimum atomic E-state index is -0.873. The van der Waals surface area contributed by atoms with Crippen LogP contribution in [0.2, 0.25) is 0 Å². The number of anilines is 1. The Morgan fingerprint density at radius 1 is 1.32 bits per heavy atom. The third-order valence-corrected chi connectivity index (χ3v) is 4.73. The van der Waals surface area contributed by atoms with Gasteiger partial charge in [-0.1, -0.05) is 12.8 Å². The number of quaternary nitrogens is 1. The molecule has 1 aromatic heterocycles. The number of halogens is 2. The number of benzene rings is 1. The molecule has 25 heavy (non-hydrogen) atoms. The summed E-state index contributed by atoms with van der Waals surface area (Å²) in [6, 6.07) is 5.82. The van der Waals surface area contributed by atoms with E-state index < -0.39 is 11.6 Å². The van der Waals surface area contributed by atoms with Gasteiger partial charge in [0.2, 0.25) is 0 Å². The lowest BCUT2D eigenvalue weighted by atomic mass is 10.1. The second kappa shape index (κ2) is 7.74. The van der Waals surface area contributed by atoms with Gasteiger partial charge in [-0.25, -0.2) is 13.5 Å². The zero-order valence-corrected chi connectivity index (χ0v) is 14.2. The van der Waals surface area contributed by atoms with E-state index in [1.54, 1.807) is 17.6 Å². The largest absolute Gasteiger partial charge is 0.333 e. The van der Waals surface area contributed by atoms with E-state index in [4.69, 9.17) is 0 Å². The van der Waals surface area contributed by atoms with Gasteiger partial charge in [-0.3, -0.25) is 4.79 Å². The zero-order chi connectivity index (χ0) is 17.8. The van der Waals surface area contributed by atoms with Crippen molar-refractivity contribution in [1.82, 2.24) is 9.78 Å². The molecule has 3 rings (SSSR count). The van der Waals surface area contributed by atoms with Gasteiger partial charge in [-0.2, -0.15) is 5.10 Å². The molecule has 0 aliphatic heterocycles. The highest BCUT2D eigenvalue weighted by Crippen LogP contribution is 2.31. The number of carbonyl (C=O) groups excluding carboxylic acids is 1. The van der Waals surface area contributed by atoms with Gasteiger partial charge in [0.25, 0.3) is 5.91 Å². The molecular formula is C18H23F2N4O+. The molecule has 1 atom stereocenters. The molecule has 0 spiro atoms. The van der Waals surface area contributed by atoms with E-state index in [0.29, 0.717) is 17.4 Å². The fourth-order valence-electron chi connectivity index (χ4n) is 3.26. The smallest absolute Gasteiger partial charge is 0.280 e. The van der Waals surface area contributed by atoms with Crippen LogP contribution in [-0.2, 0) is 4.79 Å². The summed E-state index contributed by atoms with van der Waals surface area (Å²) in [4.78, 5) is 12.2. The lowest BCUT2D eigenvalue weighted by Gasteiger charge is -2.15. The van der Waals surface area contributed by atoms with Crippen LogP contribution in [-0.4, -0.2) is 22.2 Å². The predicted octanol–water partition coefficient (Wildman–Crippen LogP) is 2.54. The Morgan fingerprint density at radius 2 is 2.08 bits per heavy atom. The van der Waals surface area contributed by atoms with Crippen molar-refractivity contribution >= 4 is 11.7 Å². The minimum absolute atomic E-state index is 0.144. The third kappa shape index (κ3) is 4.22. The SMILES string of the molecule is C[C@@H]([NH2+]CC(=O)Nc1ccnn1C1CCCC1)c1ccc(F)c(F)c1. The van der Waals surface area contributed by atoms with Gasteiger partial charge in [0.15, 0.2) is 18.2 Å². The molecule has 5 nitrogen and oxygen atoms in total. The second-order valence-corrected chi connectivity index (χ2v) is 6.55. The number of nitrogens with zero attached hydrogens (tertiary/aromatic N) is 2. The van der Waals surface area contributed by atoms with Crippen LogP contribution in [0.15, 0.2) is 30.5 Å². The van der Waals surface area contributed by atoms with Gasteiger partial charge in [0, 0.05) is 11.6 Å². The van der Waals surface area contributed by atoms with Gasteiger partial charge in [0.1, 0.15) is 11.9 Å². The first kappa shape index (κ1) is 17.5. The van der Waals surface area contributed by atoms with E-state index in [0.717, 1.165) is 18.9 Å². The summed E-state index contributed by atoms with van der Waals surface area (Å²) >= 11 is 0. The van der Waals surface area contributed by atoms with Crippen LogP contribution in [0, 0.1) is 11.6 Å². The number of amides is 1. The van der Waals surface area contributed by atoms with Crippen molar-refractivity contribution in [2.75, 3.05) is 11.9 Å². The molecule has 134 valence electrons. The molecule has 0 bridgehead atoms. The number of nitrogens with two attached hydrogens (primary N) is 1. The summed E-state index contributed by atoms with van der Waals surface area (Å²) in [6.45, 7) is 2.04. The fourth-order valence-corrected chi connectivity index (χ4v) is 3.26. The molecule has 3 N–H and O–H groups in total. The number of carbonyl (C=O) groups is 1. The summed E-state index contributed by atoms with van der Waals surface area (Å²) in [5, 5.41) is 9.01. The standard InChI is InChI=1S/C18H22F2N4O/c1-12(13-6-7-15(19)16(20)10-13)21-11-18(25)23-17-8-9-22-24(17)14-4-2-3-5-14/h6-10,12,14,21H,2-5,11H2,1H3,(H,23,25)/p+1/t12-/m1/s1. The van der Waals surface area contributed by atoms with Crippen molar-refractivity contribution in [2.24, 2.45) is 0 Å². The highest BCUT2D eigenvalue weighted by Gasteiger charge is 2.21. The quantitative estimate of drug-likeness (QED) is 0.842. The molecule has 1 saturated carbocycles. The van der Waals surface area contributed by atoms with E-state index in [-0.39, 0.29) is 18.5 Å². The van der Waals surface area contributed by atoms with Crippen LogP contribution in [0.3, 0.4) is 0 Å². The number of hydrogen-bond acceptors (Lipinski definition) is 2. The first-order chi connectivity index (χ1) is 12.0. The number of nitrogens with one attached hydrogen (secondary N) is 1. The molecule has 0 saturated heterocycles. The summed E-state index contributed by atoms with van der Waals surface area (Å²) < 4.78 is 28.2. The molecule has 1 aliphatic rings. The number of rotatable bonds is 6. The lowest BCUT2D eigenvalue weighted by Crippen LogP contribution is -2.86. The Hall–Kier alpha value is -2.28. The maximum atomic E-state index is 13.3. The lowest BCUT2D eigenvalue weighted by molar-refractivity contribution is -0.682. The first-order valence-electron chi connectivity index (χ1n) is 8.66. The first-order valence-corrected chi connectivity index (χ1v) is 8.66. The molecule has 1 fully saturated rings. The average Bonchev–Trinajstić information content (AvgIpc) is 3.26. The van der Waals surface area contributed by atoms with Gasteiger partial charge < -0.3 is 10.6 Å². The Morgan fingerprint density at radius 3 is 2.80 bits per heavy atom. The molecule has 7 heteroatoms. The van der Waals surface area contributed by atoms with Crippen LogP contribution < -0.4 is 10.6 Å². The van der Waals surface area contributed by atoms with Crippen molar-refractivity contribution in [3.05, 3.63) is 47.7 Å². The topological polar surface area (TPSA) is 63.5 Å². The van der Waals surface area contributed by atoms with Crippen molar-refractivity contribution in [3.63, 3.8) is 0 Å². The average molecular weight is 349 g/mol. The van der Waals surface area contributed by atoms with Crippen LogP contribution in [0.4, 0.5) is 14.6 Å². The fraction of sp³-hybridized carbons (Fsp3) is 0.444. The maximum Gasteiger partial charge on any atom is 0.280 e. The Balaban J connectivity index is 1.54. The van der Waals surface area contributed by atoms with Crippen LogP contribution in [0.5, 0.6) is 0 Å². The van der Waals surface area contributed by atoms with E-state index >= 15 is 0 Å². The minimum Gasteiger partial charge on any atom is -0.333 e. The van der Waals surface area contributed by atoms with Gasteiger partial charge >= 0.3 is 0 Å². The van der Waals surface area contributed by atoms with E-state index in [2.05, 4.69) is 10.4 Å². The van der Waals surface area contributed by atoms with Crippen molar-refractivity contribution < 1.29 is 18.9 Å². The van der Waals surface area contributed by atoms with E-state index in [1.165, 1.54) is 25.0 Å². The zero-order valence-electron chi connectivity index (χ0n) is 14.2. The summed E-state index contributed by atoms with van der Waals surface area (Å²) in [7, 11) is 0. The predicted molar refractivity (Wildman–Crippen MR) is 89.9 cm³/mol. The van der Waals surface area contributed by atoms with E-state index in [9.17, 15) is 13.6 Å². The normalized spacial score (nSPS) is 16.1. The number of hydrogen-bond donors (Lipinski definition) is 2. The summed E-state index contributed by atoms with van der Waals surface area (Å²) in [5.74, 6) is -1.17. The Kier molecular flexibility index (Phi) is 5.43. The monoisotopic (exact) mass is 349 g/mol. The molecule has 0 radical (unpaired) electrons. The van der Waals surface area contributed by atoms with Crippen molar-refractivity contribution in [2.45, 2.75) is 44.7 Å². The summed E-state index contributed by atoms with van der Waals surface area (Å²) in [5.41, 5.74) is 0.641. The third-order valence-electron chi connectivity index (χ3n) is 4.73. The molecule has 2 aromatic rings.